The Hall–Kier alpha value is -2.08. The van der Waals surface area contributed by atoms with Crippen LogP contribution in [-0.4, -0.2) is 57.6 Å². The maximum absolute atomic E-state index is 13.2. The molecule has 4 atom stereocenters. The fourth-order valence-corrected chi connectivity index (χ4v) is 5.33. The summed E-state index contributed by atoms with van der Waals surface area (Å²) in [6.07, 6.45) is 2.38. The summed E-state index contributed by atoms with van der Waals surface area (Å²) in [6.45, 7) is 10.6. The summed E-state index contributed by atoms with van der Waals surface area (Å²) in [4.78, 5) is 29.0. The molecule has 30 heavy (non-hydrogen) atoms. The van der Waals surface area contributed by atoms with Crippen LogP contribution >= 0.6 is 0 Å². The highest BCUT2D eigenvalue weighted by Gasteiger charge is 2.44. The number of nitrogens with zero attached hydrogens (tertiary/aromatic N) is 2. The third-order valence-corrected chi connectivity index (χ3v) is 6.61. The second-order valence-electron chi connectivity index (χ2n) is 9.92. The van der Waals surface area contributed by atoms with Crippen molar-refractivity contribution in [2.45, 2.75) is 77.5 Å². The molecule has 2 fully saturated rings. The molecule has 3 rings (SSSR count). The molecule has 0 radical (unpaired) electrons. The lowest BCUT2D eigenvalue weighted by molar-refractivity contribution is -0.129. The summed E-state index contributed by atoms with van der Waals surface area (Å²) in [5.74, 6) is 0.927. The van der Waals surface area contributed by atoms with Crippen LogP contribution in [0.3, 0.4) is 0 Å². The van der Waals surface area contributed by atoms with E-state index in [-0.39, 0.29) is 11.9 Å². The van der Waals surface area contributed by atoms with Crippen LogP contribution in [0, 0.1) is 11.8 Å². The normalized spacial score (nSPS) is 25.0. The van der Waals surface area contributed by atoms with Crippen LogP contribution in [0.5, 0.6) is 0 Å². The Labute approximate surface area is 180 Å². The van der Waals surface area contributed by atoms with E-state index < -0.39 is 17.7 Å². The molecule has 0 unspecified atom stereocenters. The number of carboxylic acid groups (broad SMARTS) is 1. The zero-order valence-corrected chi connectivity index (χ0v) is 18.8. The van der Waals surface area contributed by atoms with E-state index in [9.17, 15) is 14.7 Å². The second-order valence-corrected chi connectivity index (χ2v) is 9.92. The molecule has 2 N–H and O–H groups in total. The number of hydrogen-bond donors (Lipinski definition) is 2. The van der Waals surface area contributed by atoms with Crippen molar-refractivity contribution in [1.82, 2.24) is 15.1 Å². The molecule has 1 aromatic carbocycles. The fourth-order valence-electron chi connectivity index (χ4n) is 5.33. The minimum atomic E-state index is -1.03. The van der Waals surface area contributed by atoms with Gasteiger partial charge in [-0.15, -0.1) is 0 Å². The molecule has 166 valence electrons. The number of carbonyl (C=O) groups is 2. The third kappa shape index (κ3) is 5.15. The van der Waals surface area contributed by atoms with E-state index in [0.717, 1.165) is 38.9 Å². The summed E-state index contributed by atoms with van der Waals surface area (Å²) in [5, 5.41) is 13.0. The number of benzene rings is 1. The topological polar surface area (TPSA) is 72.9 Å². The number of likely N-dealkylation sites (tertiary alicyclic amines) is 1. The molecule has 0 aromatic heterocycles. The lowest BCUT2D eigenvalue weighted by atomic mass is 9.96. The summed E-state index contributed by atoms with van der Waals surface area (Å²) in [5.41, 5.74) is 0.699. The molecular weight excluding hydrogens is 378 g/mol. The van der Waals surface area contributed by atoms with Crippen molar-refractivity contribution < 1.29 is 14.7 Å². The van der Waals surface area contributed by atoms with Crippen molar-refractivity contribution in [2.75, 3.05) is 13.1 Å². The molecule has 0 spiro atoms. The number of fused-ring (bicyclic) bond motifs is 1. The van der Waals surface area contributed by atoms with Crippen molar-refractivity contribution in [2.24, 2.45) is 11.8 Å². The lowest BCUT2D eigenvalue weighted by Crippen LogP contribution is -2.58. The fraction of sp³-hybridized carbons (Fsp3) is 0.667. The minimum Gasteiger partial charge on any atom is -0.465 e. The van der Waals surface area contributed by atoms with Crippen molar-refractivity contribution in [3.63, 3.8) is 0 Å². The quantitative estimate of drug-likeness (QED) is 0.707. The molecule has 1 saturated carbocycles. The van der Waals surface area contributed by atoms with E-state index in [0.29, 0.717) is 18.3 Å². The van der Waals surface area contributed by atoms with E-state index >= 15 is 0 Å². The summed E-state index contributed by atoms with van der Waals surface area (Å²) < 4.78 is 0. The van der Waals surface area contributed by atoms with Crippen molar-refractivity contribution in [3.05, 3.63) is 35.9 Å². The Balaban J connectivity index is 1.64. The highest BCUT2D eigenvalue weighted by molar-refractivity contribution is 5.86. The van der Waals surface area contributed by atoms with E-state index in [4.69, 9.17) is 0 Å². The number of rotatable bonds is 7. The lowest BCUT2D eigenvalue weighted by Gasteiger charge is -2.39. The van der Waals surface area contributed by atoms with Crippen LogP contribution in [0.2, 0.25) is 0 Å². The predicted molar refractivity (Wildman–Crippen MR) is 118 cm³/mol. The molecule has 1 heterocycles. The van der Waals surface area contributed by atoms with E-state index in [1.807, 2.05) is 33.8 Å². The Morgan fingerprint density at radius 2 is 1.90 bits per heavy atom. The summed E-state index contributed by atoms with van der Waals surface area (Å²) >= 11 is 0. The van der Waals surface area contributed by atoms with Gasteiger partial charge in [-0.3, -0.25) is 14.6 Å². The molecule has 6 nitrogen and oxygen atoms in total. The second kappa shape index (κ2) is 9.38. The maximum Gasteiger partial charge on any atom is 0.408 e. The zero-order valence-electron chi connectivity index (χ0n) is 18.8. The van der Waals surface area contributed by atoms with Crippen LogP contribution < -0.4 is 5.32 Å². The van der Waals surface area contributed by atoms with Gasteiger partial charge in [0.05, 0.1) is 0 Å². The Bertz CT molecular complexity index is 731. The SMILES string of the molecule is CCC[C@@H](C(=O)N[C@@H]1CC[C@H]2CN(Cc3ccccc3)C[C@H]21)N(C(=O)O)C(C)(C)C. The van der Waals surface area contributed by atoms with Crippen LogP contribution in [0.25, 0.3) is 0 Å². The number of hydrogen-bond acceptors (Lipinski definition) is 3. The van der Waals surface area contributed by atoms with Gasteiger partial charge < -0.3 is 10.4 Å². The molecule has 1 aliphatic heterocycles. The molecule has 1 saturated heterocycles. The smallest absolute Gasteiger partial charge is 0.408 e. The average Bonchev–Trinajstić information content (AvgIpc) is 3.22. The Morgan fingerprint density at radius 3 is 2.50 bits per heavy atom. The van der Waals surface area contributed by atoms with Gasteiger partial charge in [0.1, 0.15) is 6.04 Å². The van der Waals surface area contributed by atoms with E-state index in [1.165, 1.54) is 10.5 Å². The van der Waals surface area contributed by atoms with E-state index in [1.54, 1.807) is 0 Å². The van der Waals surface area contributed by atoms with Gasteiger partial charge in [-0.2, -0.15) is 0 Å². The number of nitrogens with one attached hydrogen (secondary N) is 1. The van der Waals surface area contributed by atoms with Gasteiger partial charge in [0.25, 0.3) is 0 Å². The van der Waals surface area contributed by atoms with E-state index in [2.05, 4.69) is 34.5 Å². The van der Waals surface area contributed by atoms with Gasteiger partial charge in [-0.25, -0.2) is 4.79 Å². The maximum atomic E-state index is 13.2. The number of carbonyl (C=O) groups excluding carboxylic acids is 1. The first-order valence-corrected chi connectivity index (χ1v) is 11.3. The largest absolute Gasteiger partial charge is 0.465 e. The third-order valence-electron chi connectivity index (χ3n) is 6.61. The Morgan fingerprint density at radius 1 is 1.20 bits per heavy atom. The standard InChI is InChI=1S/C24H37N3O3/c1-5-9-21(27(23(29)30)24(2,3)4)22(28)25-20-13-12-18-15-26(16-19(18)20)14-17-10-7-6-8-11-17/h6-8,10-11,18-21H,5,9,12-16H2,1-4H3,(H,25,28)(H,29,30)/t18-,19+,20+,21-/m0/s1. The van der Waals surface area contributed by atoms with Crippen LogP contribution in [-0.2, 0) is 11.3 Å². The molecule has 0 bridgehead atoms. The summed E-state index contributed by atoms with van der Waals surface area (Å²) in [6, 6.07) is 10.0. The molecule has 2 aliphatic rings. The van der Waals surface area contributed by atoms with Gasteiger partial charge in [-0.05, 0) is 57.4 Å². The minimum absolute atomic E-state index is 0.137. The van der Waals surface area contributed by atoms with Crippen molar-refractivity contribution in [3.8, 4) is 0 Å². The first-order valence-electron chi connectivity index (χ1n) is 11.3. The molecule has 1 aliphatic carbocycles. The van der Waals surface area contributed by atoms with Gasteiger partial charge in [-0.1, -0.05) is 43.7 Å². The van der Waals surface area contributed by atoms with Gasteiger partial charge >= 0.3 is 6.09 Å². The number of amides is 2. The highest BCUT2D eigenvalue weighted by Crippen LogP contribution is 2.39. The molecular formula is C24H37N3O3. The zero-order chi connectivity index (χ0) is 21.9. The Kier molecular flexibility index (Phi) is 7.06. The predicted octanol–water partition coefficient (Wildman–Crippen LogP) is 3.96. The van der Waals surface area contributed by atoms with Crippen LogP contribution in [0.1, 0.15) is 58.9 Å². The molecule has 6 heteroatoms. The first-order chi connectivity index (χ1) is 14.2. The average molecular weight is 416 g/mol. The van der Waals surface area contributed by atoms with Crippen LogP contribution in [0.4, 0.5) is 4.79 Å². The molecule has 1 aromatic rings. The monoisotopic (exact) mass is 415 g/mol. The van der Waals surface area contributed by atoms with Crippen LogP contribution in [0.15, 0.2) is 30.3 Å². The van der Waals surface area contributed by atoms with Gasteiger partial charge in [0, 0.05) is 31.2 Å². The highest BCUT2D eigenvalue weighted by atomic mass is 16.4. The van der Waals surface area contributed by atoms with Crippen molar-refractivity contribution >= 4 is 12.0 Å². The molecule has 2 amide bonds. The van der Waals surface area contributed by atoms with Gasteiger partial charge in [0.15, 0.2) is 0 Å². The summed E-state index contributed by atoms with van der Waals surface area (Å²) in [7, 11) is 0. The van der Waals surface area contributed by atoms with Crippen molar-refractivity contribution in [1.29, 1.82) is 0 Å². The van der Waals surface area contributed by atoms with Gasteiger partial charge in [0.2, 0.25) is 5.91 Å². The first kappa shape index (κ1) is 22.6.